The van der Waals surface area contributed by atoms with Crippen molar-refractivity contribution in [2.45, 2.75) is 25.5 Å². The van der Waals surface area contributed by atoms with E-state index in [9.17, 15) is 5.11 Å². The lowest BCUT2D eigenvalue weighted by atomic mass is 9.80. The summed E-state index contributed by atoms with van der Waals surface area (Å²) in [6, 6.07) is 14.6. The third-order valence-corrected chi connectivity index (χ3v) is 4.62. The molecule has 2 aliphatic heterocycles. The predicted octanol–water partition coefficient (Wildman–Crippen LogP) is 3.95. The maximum absolute atomic E-state index is 10.3. The van der Waals surface area contributed by atoms with Crippen molar-refractivity contribution in [3.63, 3.8) is 0 Å². The number of ether oxygens (including phenoxy) is 1. The van der Waals surface area contributed by atoms with E-state index < -0.39 is 0 Å². The Morgan fingerprint density at radius 1 is 1.19 bits per heavy atom. The quantitative estimate of drug-likeness (QED) is 0.778. The van der Waals surface area contributed by atoms with E-state index in [0.29, 0.717) is 11.7 Å². The second kappa shape index (κ2) is 4.78. The number of aryl methyl sites for hydroxylation is 1. The lowest BCUT2D eigenvalue weighted by Crippen LogP contribution is -2.29. The molecule has 3 atom stereocenters. The van der Waals surface area contributed by atoms with E-state index in [1.54, 1.807) is 0 Å². The third-order valence-electron chi connectivity index (χ3n) is 4.62. The number of phenolic OH excluding ortho intramolecular Hbond substituents is 1. The monoisotopic (exact) mass is 281 g/mol. The summed E-state index contributed by atoms with van der Waals surface area (Å²) in [6.45, 7) is 2.79. The van der Waals surface area contributed by atoms with Crippen LogP contribution < -0.4 is 5.32 Å². The van der Waals surface area contributed by atoms with Crippen molar-refractivity contribution < 1.29 is 9.84 Å². The first-order valence-corrected chi connectivity index (χ1v) is 7.50. The largest absolute Gasteiger partial charge is 0.506 e. The molecule has 3 nitrogen and oxygen atoms in total. The molecule has 0 amide bonds. The maximum Gasteiger partial charge on any atom is 0.139 e. The van der Waals surface area contributed by atoms with Crippen LogP contribution in [-0.2, 0) is 4.74 Å². The molecule has 3 heteroatoms. The van der Waals surface area contributed by atoms with Crippen LogP contribution in [0.25, 0.3) is 0 Å². The van der Waals surface area contributed by atoms with Gasteiger partial charge in [-0.15, -0.1) is 0 Å². The number of nitrogens with one attached hydrogen (secondary N) is 1. The fourth-order valence-electron chi connectivity index (χ4n) is 3.70. The summed E-state index contributed by atoms with van der Waals surface area (Å²) >= 11 is 0. The highest BCUT2D eigenvalue weighted by Gasteiger charge is 2.42. The van der Waals surface area contributed by atoms with Crippen LogP contribution in [0, 0.1) is 12.8 Å². The minimum atomic E-state index is 0.0808. The van der Waals surface area contributed by atoms with Gasteiger partial charge in [0.2, 0.25) is 0 Å². The Hall–Kier alpha value is -2.00. The van der Waals surface area contributed by atoms with Gasteiger partial charge in [0, 0.05) is 18.1 Å². The zero-order valence-corrected chi connectivity index (χ0v) is 12.0. The van der Waals surface area contributed by atoms with Crippen molar-refractivity contribution in [3.8, 4) is 5.75 Å². The lowest BCUT2D eigenvalue weighted by Gasteiger charge is -2.37. The van der Waals surface area contributed by atoms with E-state index in [-0.39, 0.29) is 12.1 Å². The number of rotatable bonds is 1. The van der Waals surface area contributed by atoms with Crippen molar-refractivity contribution in [2.24, 2.45) is 5.92 Å². The summed E-state index contributed by atoms with van der Waals surface area (Å²) in [4.78, 5) is 0. The smallest absolute Gasteiger partial charge is 0.139 e. The third kappa shape index (κ3) is 2.00. The van der Waals surface area contributed by atoms with E-state index in [0.717, 1.165) is 29.8 Å². The zero-order valence-electron chi connectivity index (χ0n) is 12.0. The second-order valence-electron chi connectivity index (χ2n) is 6.02. The van der Waals surface area contributed by atoms with Crippen LogP contribution in [0.2, 0.25) is 0 Å². The van der Waals surface area contributed by atoms with Gasteiger partial charge < -0.3 is 15.2 Å². The first kappa shape index (κ1) is 12.7. The van der Waals surface area contributed by atoms with E-state index in [2.05, 4.69) is 35.6 Å². The van der Waals surface area contributed by atoms with Crippen molar-refractivity contribution in [2.75, 3.05) is 11.9 Å². The zero-order chi connectivity index (χ0) is 14.4. The van der Waals surface area contributed by atoms with Crippen LogP contribution in [0.5, 0.6) is 5.75 Å². The maximum atomic E-state index is 10.3. The molecule has 108 valence electrons. The molecule has 2 heterocycles. The van der Waals surface area contributed by atoms with Gasteiger partial charge in [-0.05, 0) is 30.5 Å². The van der Waals surface area contributed by atoms with Crippen molar-refractivity contribution >= 4 is 5.69 Å². The number of hydrogen-bond acceptors (Lipinski definition) is 3. The topological polar surface area (TPSA) is 41.5 Å². The molecule has 0 saturated carbocycles. The summed E-state index contributed by atoms with van der Waals surface area (Å²) in [5, 5.41) is 13.9. The van der Waals surface area contributed by atoms with Crippen LogP contribution in [0.15, 0.2) is 42.5 Å². The van der Waals surface area contributed by atoms with Crippen molar-refractivity contribution in [1.82, 2.24) is 0 Å². The molecule has 4 rings (SSSR count). The summed E-state index contributed by atoms with van der Waals surface area (Å²) in [5.41, 5.74) is 4.25. The van der Waals surface area contributed by atoms with E-state index in [4.69, 9.17) is 4.74 Å². The summed E-state index contributed by atoms with van der Waals surface area (Å²) in [7, 11) is 0. The van der Waals surface area contributed by atoms with Gasteiger partial charge in [-0.2, -0.15) is 0 Å². The van der Waals surface area contributed by atoms with Gasteiger partial charge >= 0.3 is 0 Å². The summed E-state index contributed by atoms with van der Waals surface area (Å²) in [6.07, 6.45) is 1.13. The Bertz CT molecular complexity index is 668. The van der Waals surface area contributed by atoms with Crippen LogP contribution >= 0.6 is 0 Å². The highest BCUT2D eigenvalue weighted by Crippen LogP contribution is 2.52. The van der Waals surface area contributed by atoms with E-state index in [1.807, 2.05) is 19.1 Å². The predicted molar refractivity (Wildman–Crippen MR) is 82.4 cm³/mol. The van der Waals surface area contributed by atoms with Gasteiger partial charge in [0.25, 0.3) is 0 Å². The summed E-state index contributed by atoms with van der Waals surface area (Å²) in [5.74, 6) is 0.737. The van der Waals surface area contributed by atoms with Gasteiger partial charge in [-0.25, -0.2) is 0 Å². The SMILES string of the molecule is Cc1cc(O)c2c(c1)[C@@H]1OCC[C@@H]1[C@@H](c1ccccc1)N2. The lowest BCUT2D eigenvalue weighted by molar-refractivity contribution is 0.0826. The number of phenols is 1. The molecule has 2 N–H and O–H groups in total. The fourth-order valence-corrected chi connectivity index (χ4v) is 3.70. The van der Waals surface area contributed by atoms with Crippen molar-refractivity contribution in [1.29, 1.82) is 0 Å². The van der Waals surface area contributed by atoms with E-state index >= 15 is 0 Å². The van der Waals surface area contributed by atoms with Gasteiger partial charge in [-0.1, -0.05) is 36.4 Å². The molecule has 1 fully saturated rings. The van der Waals surface area contributed by atoms with Gasteiger partial charge in [0.05, 0.1) is 17.8 Å². The van der Waals surface area contributed by atoms with E-state index in [1.165, 1.54) is 5.56 Å². The van der Waals surface area contributed by atoms with Gasteiger partial charge in [0.1, 0.15) is 5.75 Å². The van der Waals surface area contributed by atoms with Crippen LogP contribution in [-0.4, -0.2) is 11.7 Å². The Morgan fingerprint density at radius 3 is 2.81 bits per heavy atom. The van der Waals surface area contributed by atoms with Crippen LogP contribution in [0.1, 0.15) is 35.3 Å². The first-order valence-electron chi connectivity index (χ1n) is 7.50. The normalized spacial score (nSPS) is 26.8. The molecular weight excluding hydrogens is 262 g/mol. The number of fused-ring (bicyclic) bond motifs is 3. The molecule has 0 aliphatic carbocycles. The Labute approximate surface area is 124 Å². The van der Waals surface area contributed by atoms with Crippen LogP contribution in [0.3, 0.4) is 0 Å². The number of aromatic hydroxyl groups is 1. The first-order chi connectivity index (χ1) is 10.2. The number of anilines is 1. The molecule has 0 spiro atoms. The molecule has 2 aliphatic rings. The second-order valence-corrected chi connectivity index (χ2v) is 6.02. The molecule has 1 saturated heterocycles. The summed E-state index contributed by atoms with van der Waals surface area (Å²) < 4.78 is 5.99. The molecule has 2 aromatic rings. The molecular formula is C18H19NO2. The highest BCUT2D eigenvalue weighted by molar-refractivity contribution is 5.66. The average molecular weight is 281 g/mol. The minimum absolute atomic E-state index is 0.0808. The number of hydrogen-bond donors (Lipinski definition) is 2. The van der Waals surface area contributed by atoms with Gasteiger partial charge in [0.15, 0.2) is 0 Å². The Balaban J connectivity index is 1.83. The average Bonchev–Trinajstić information content (AvgIpc) is 2.97. The Morgan fingerprint density at radius 2 is 2.00 bits per heavy atom. The number of benzene rings is 2. The molecule has 0 unspecified atom stereocenters. The Kier molecular flexibility index (Phi) is 2.89. The molecule has 0 bridgehead atoms. The molecule has 0 aromatic heterocycles. The molecule has 0 radical (unpaired) electrons. The molecule has 21 heavy (non-hydrogen) atoms. The van der Waals surface area contributed by atoms with Crippen molar-refractivity contribution in [3.05, 3.63) is 59.2 Å². The van der Waals surface area contributed by atoms with Crippen LogP contribution in [0.4, 0.5) is 5.69 Å². The standard InChI is InChI=1S/C18H19NO2/c1-11-9-14-17(15(20)10-11)19-16(12-5-3-2-4-6-12)13-7-8-21-18(13)14/h2-6,9-10,13,16,18-20H,7-8H2,1H3/t13-,16-,18-/m1/s1. The minimum Gasteiger partial charge on any atom is -0.506 e. The fraction of sp³-hybridized carbons (Fsp3) is 0.333. The highest BCUT2D eigenvalue weighted by atomic mass is 16.5. The molecule has 2 aromatic carbocycles. The van der Waals surface area contributed by atoms with Gasteiger partial charge in [-0.3, -0.25) is 0 Å².